The molecular weight excluding hydrogens is 402 g/mol. The van der Waals surface area contributed by atoms with Gasteiger partial charge in [-0.05, 0) is 35.4 Å². The second kappa shape index (κ2) is 8.10. The molecule has 160 valence electrons. The van der Waals surface area contributed by atoms with E-state index in [0.29, 0.717) is 12.1 Å². The lowest BCUT2D eigenvalue weighted by atomic mass is 9.93. The molecule has 0 aromatic heterocycles. The number of nitrogens with zero attached hydrogens (tertiary/aromatic N) is 2. The molecule has 0 saturated heterocycles. The summed E-state index contributed by atoms with van der Waals surface area (Å²) in [5.74, 6) is 0.654. The molecule has 0 bridgehead atoms. The highest BCUT2D eigenvalue weighted by Gasteiger charge is 2.38. The number of hydrogen-bond donors (Lipinski definition) is 1. The summed E-state index contributed by atoms with van der Waals surface area (Å²) in [6.45, 7) is 5.62. The molecule has 7 nitrogen and oxygen atoms in total. The monoisotopic (exact) mass is 429 g/mol. The van der Waals surface area contributed by atoms with E-state index in [9.17, 15) is 13.2 Å². The Morgan fingerprint density at radius 1 is 1.17 bits per heavy atom. The molecule has 0 aliphatic carbocycles. The minimum Gasteiger partial charge on any atom is -0.497 e. The number of hydrazone groups is 1. The van der Waals surface area contributed by atoms with Gasteiger partial charge in [-0.1, -0.05) is 45.0 Å². The molecule has 1 heterocycles. The summed E-state index contributed by atoms with van der Waals surface area (Å²) in [4.78, 5) is 13.1. The third-order valence-corrected chi connectivity index (χ3v) is 5.37. The van der Waals surface area contributed by atoms with Gasteiger partial charge < -0.3 is 4.74 Å². The second-order valence-corrected chi connectivity index (χ2v) is 10.1. The lowest BCUT2D eigenvalue weighted by Crippen LogP contribution is -2.36. The maximum atomic E-state index is 13.1. The van der Waals surface area contributed by atoms with Gasteiger partial charge >= 0.3 is 0 Å². The molecule has 30 heavy (non-hydrogen) atoms. The zero-order chi connectivity index (χ0) is 22.1. The average molecular weight is 430 g/mol. The van der Waals surface area contributed by atoms with Gasteiger partial charge in [0.05, 0.1) is 25.1 Å². The van der Waals surface area contributed by atoms with Crippen LogP contribution in [0.4, 0.5) is 5.69 Å². The van der Waals surface area contributed by atoms with E-state index < -0.39 is 15.4 Å². The van der Waals surface area contributed by atoms with Crippen LogP contribution in [-0.4, -0.2) is 38.4 Å². The molecule has 0 spiro atoms. The molecular formula is C22H27N3O4S. The van der Waals surface area contributed by atoms with Crippen LogP contribution < -0.4 is 9.46 Å². The molecule has 1 amide bonds. The summed E-state index contributed by atoms with van der Waals surface area (Å²) >= 11 is 0. The maximum Gasteiger partial charge on any atom is 0.248 e. The van der Waals surface area contributed by atoms with E-state index in [2.05, 4.69) is 9.82 Å². The summed E-state index contributed by atoms with van der Waals surface area (Å²) in [6, 6.07) is 14.4. The van der Waals surface area contributed by atoms with E-state index in [4.69, 9.17) is 4.74 Å². The first-order chi connectivity index (χ1) is 14.0. The van der Waals surface area contributed by atoms with Crippen molar-refractivity contribution in [2.45, 2.75) is 33.2 Å². The molecule has 1 aliphatic heterocycles. The predicted octanol–water partition coefficient (Wildman–Crippen LogP) is 3.79. The zero-order valence-corrected chi connectivity index (χ0v) is 18.7. The lowest BCUT2D eigenvalue weighted by molar-refractivity contribution is -0.141. The Labute approximate surface area is 177 Å². The van der Waals surface area contributed by atoms with Gasteiger partial charge in [-0.25, -0.2) is 13.4 Å². The largest absolute Gasteiger partial charge is 0.497 e. The molecule has 2 aromatic rings. The van der Waals surface area contributed by atoms with Gasteiger partial charge in [0.25, 0.3) is 0 Å². The van der Waals surface area contributed by atoms with Crippen molar-refractivity contribution in [1.29, 1.82) is 0 Å². The number of nitrogens with one attached hydrogen (secondary N) is 1. The molecule has 8 heteroatoms. The van der Waals surface area contributed by atoms with E-state index in [0.717, 1.165) is 28.8 Å². The maximum absolute atomic E-state index is 13.1. The first-order valence-electron chi connectivity index (χ1n) is 9.61. The first kappa shape index (κ1) is 21.8. The minimum absolute atomic E-state index is 0.0688. The van der Waals surface area contributed by atoms with Crippen LogP contribution in [0.25, 0.3) is 0 Å². The third-order valence-electron chi connectivity index (χ3n) is 4.76. The molecule has 3 rings (SSSR count). The van der Waals surface area contributed by atoms with Crippen molar-refractivity contribution in [3.05, 3.63) is 59.7 Å². The molecule has 1 N–H and O–H groups in total. The van der Waals surface area contributed by atoms with Crippen molar-refractivity contribution in [2.75, 3.05) is 18.1 Å². The Hall–Kier alpha value is -2.87. The molecule has 0 radical (unpaired) electrons. The van der Waals surface area contributed by atoms with Gasteiger partial charge in [-0.15, -0.1) is 0 Å². The zero-order valence-electron chi connectivity index (χ0n) is 17.8. The summed E-state index contributed by atoms with van der Waals surface area (Å²) in [6.07, 6.45) is 1.66. The molecule has 1 aliphatic rings. The van der Waals surface area contributed by atoms with Crippen molar-refractivity contribution in [3.63, 3.8) is 0 Å². The first-order valence-corrected chi connectivity index (χ1v) is 11.5. The van der Waals surface area contributed by atoms with Crippen LogP contribution in [0.15, 0.2) is 53.6 Å². The van der Waals surface area contributed by atoms with E-state index in [1.165, 1.54) is 0 Å². The minimum atomic E-state index is -3.34. The van der Waals surface area contributed by atoms with Crippen LogP contribution in [0.3, 0.4) is 0 Å². The average Bonchev–Trinajstić information content (AvgIpc) is 3.11. The molecule has 0 saturated carbocycles. The van der Waals surface area contributed by atoms with Gasteiger partial charge in [0.1, 0.15) is 5.75 Å². The van der Waals surface area contributed by atoms with Gasteiger partial charge in [0.15, 0.2) is 0 Å². The van der Waals surface area contributed by atoms with E-state index in [1.807, 2.05) is 45.0 Å². The fraction of sp³-hybridized carbons (Fsp3) is 0.364. The van der Waals surface area contributed by atoms with Crippen molar-refractivity contribution >= 4 is 27.3 Å². The Morgan fingerprint density at radius 3 is 2.40 bits per heavy atom. The van der Waals surface area contributed by atoms with Gasteiger partial charge in [-0.2, -0.15) is 5.10 Å². The summed E-state index contributed by atoms with van der Waals surface area (Å²) in [7, 11) is -1.73. The standard InChI is InChI=1S/C22H27N3O4S/c1-22(2,3)21(26)25-20(16-7-6-8-18(13-16)29-4)14-19(23-25)15-9-11-17(12-10-15)24-30(5,27)28/h6-13,20,24H,14H2,1-5H3/t20-/m1/s1. The number of methoxy groups -OCH3 is 1. The second-order valence-electron chi connectivity index (χ2n) is 8.39. The number of carbonyl (C=O) groups excluding carboxylic acids is 1. The molecule has 1 atom stereocenters. The van der Waals surface area contributed by atoms with Crippen LogP contribution in [0.1, 0.15) is 44.4 Å². The molecule has 2 aromatic carbocycles. The quantitative estimate of drug-likeness (QED) is 0.783. The number of rotatable bonds is 5. The number of anilines is 1. The normalized spacial score (nSPS) is 16.9. The summed E-state index contributed by atoms with van der Waals surface area (Å²) < 4.78 is 30.6. The van der Waals surface area contributed by atoms with Crippen molar-refractivity contribution in [2.24, 2.45) is 10.5 Å². The number of ether oxygens (including phenoxy) is 1. The Balaban J connectivity index is 1.95. The van der Waals surface area contributed by atoms with Crippen LogP contribution in [0, 0.1) is 5.41 Å². The Kier molecular flexibility index (Phi) is 5.90. The fourth-order valence-corrected chi connectivity index (χ4v) is 3.83. The van der Waals surface area contributed by atoms with E-state index in [-0.39, 0.29) is 11.9 Å². The van der Waals surface area contributed by atoms with Crippen molar-refractivity contribution < 1.29 is 17.9 Å². The number of benzene rings is 2. The number of amides is 1. The van der Waals surface area contributed by atoms with Gasteiger partial charge in [0, 0.05) is 17.5 Å². The van der Waals surface area contributed by atoms with Gasteiger partial charge in [0.2, 0.25) is 15.9 Å². The van der Waals surface area contributed by atoms with Gasteiger partial charge in [-0.3, -0.25) is 9.52 Å². The van der Waals surface area contributed by atoms with Crippen LogP contribution in [-0.2, 0) is 14.8 Å². The summed E-state index contributed by atoms with van der Waals surface area (Å²) in [5.41, 5.74) is 2.45. The van der Waals surface area contributed by atoms with Crippen LogP contribution in [0.5, 0.6) is 5.75 Å². The number of sulfonamides is 1. The topological polar surface area (TPSA) is 88.1 Å². The number of hydrogen-bond acceptors (Lipinski definition) is 5. The molecule has 0 unspecified atom stereocenters. The number of carbonyl (C=O) groups is 1. The van der Waals surface area contributed by atoms with Crippen LogP contribution in [0.2, 0.25) is 0 Å². The Bertz CT molecular complexity index is 1070. The lowest BCUT2D eigenvalue weighted by Gasteiger charge is -2.28. The highest BCUT2D eigenvalue weighted by atomic mass is 32.2. The smallest absolute Gasteiger partial charge is 0.248 e. The third kappa shape index (κ3) is 4.99. The highest BCUT2D eigenvalue weighted by Crippen LogP contribution is 2.37. The van der Waals surface area contributed by atoms with Crippen LogP contribution >= 0.6 is 0 Å². The fourth-order valence-electron chi connectivity index (χ4n) is 3.27. The SMILES string of the molecule is COc1cccc([C@H]2CC(c3ccc(NS(C)(=O)=O)cc3)=NN2C(=O)C(C)(C)C)c1. The molecule has 0 fully saturated rings. The van der Waals surface area contributed by atoms with Crippen molar-refractivity contribution in [3.8, 4) is 5.75 Å². The summed E-state index contributed by atoms with van der Waals surface area (Å²) in [5, 5.41) is 6.23. The van der Waals surface area contributed by atoms with Crippen molar-refractivity contribution in [1.82, 2.24) is 5.01 Å². The van der Waals surface area contributed by atoms with E-state index >= 15 is 0 Å². The Morgan fingerprint density at radius 2 is 1.83 bits per heavy atom. The predicted molar refractivity (Wildman–Crippen MR) is 118 cm³/mol. The highest BCUT2D eigenvalue weighted by molar-refractivity contribution is 7.92. The van der Waals surface area contributed by atoms with E-state index in [1.54, 1.807) is 36.4 Å².